The fourth-order valence-electron chi connectivity index (χ4n) is 3.72. The Balaban J connectivity index is 1.29. The molecule has 29 heavy (non-hydrogen) atoms. The van der Waals surface area contributed by atoms with E-state index in [0.717, 1.165) is 60.1 Å². The van der Waals surface area contributed by atoms with Gasteiger partial charge in [-0.05, 0) is 42.5 Å². The minimum Gasteiger partial charge on any atom is -0.508 e. The lowest BCUT2D eigenvalue weighted by Gasteiger charge is -2.36. The van der Waals surface area contributed by atoms with Crippen LogP contribution in [0.15, 0.2) is 60.8 Å². The molecule has 6 nitrogen and oxygen atoms in total. The van der Waals surface area contributed by atoms with Gasteiger partial charge in [0, 0.05) is 54.7 Å². The summed E-state index contributed by atoms with van der Waals surface area (Å²) in [4.78, 5) is 17.1. The number of aromatic amines is 1. The summed E-state index contributed by atoms with van der Waals surface area (Å²) >= 11 is 6.06. The molecule has 1 aliphatic rings. The first-order valence-electron chi connectivity index (χ1n) is 9.56. The van der Waals surface area contributed by atoms with Gasteiger partial charge in [0.2, 0.25) is 0 Å². The van der Waals surface area contributed by atoms with E-state index < -0.39 is 0 Å². The number of imidazole rings is 1. The van der Waals surface area contributed by atoms with Gasteiger partial charge in [0.25, 0.3) is 0 Å². The molecule has 0 amide bonds. The molecule has 1 fully saturated rings. The molecule has 0 aliphatic carbocycles. The molecule has 2 aromatic carbocycles. The third-order valence-corrected chi connectivity index (χ3v) is 5.50. The van der Waals surface area contributed by atoms with Crippen molar-refractivity contribution < 1.29 is 5.11 Å². The highest BCUT2D eigenvalue weighted by atomic mass is 35.5. The van der Waals surface area contributed by atoms with Gasteiger partial charge in [0.15, 0.2) is 0 Å². The Morgan fingerprint density at radius 1 is 0.931 bits per heavy atom. The number of phenolic OH excluding ortho intramolecular Hbond substituents is 1. The molecule has 0 spiro atoms. The number of anilines is 2. The second-order valence-corrected chi connectivity index (χ2v) is 7.58. The smallest absolute Gasteiger partial charge is 0.140 e. The topological polar surface area (TPSA) is 68.3 Å². The van der Waals surface area contributed by atoms with Gasteiger partial charge in [0.05, 0.1) is 11.0 Å². The van der Waals surface area contributed by atoms with Crippen LogP contribution in [0, 0.1) is 0 Å². The number of hydrogen-bond donors (Lipinski definition) is 2. The standard InChI is InChI=1S/C22H20ClN5O/c23-16-5-6-19-20(12-16)26-22(25-19)15-4-7-21(24-14-15)28-10-8-27(9-11-28)17-2-1-3-18(29)13-17/h1-7,12-14,29H,8-11H2,(H,25,26). The number of piperazine rings is 1. The van der Waals surface area contributed by atoms with E-state index in [4.69, 9.17) is 11.6 Å². The SMILES string of the molecule is Oc1cccc(N2CCN(c3ccc(-c4nc5ccc(Cl)cc5[nH]4)cn3)CC2)c1. The molecule has 0 bridgehead atoms. The first-order valence-corrected chi connectivity index (χ1v) is 9.94. The van der Waals surface area contributed by atoms with Crippen LogP contribution < -0.4 is 9.80 Å². The molecule has 0 atom stereocenters. The molecule has 146 valence electrons. The van der Waals surface area contributed by atoms with Crippen molar-refractivity contribution in [1.82, 2.24) is 15.0 Å². The lowest BCUT2D eigenvalue weighted by molar-refractivity contribution is 0.475. The van der Waals surface area contributed by atoms with E-state index in [-0.39, 0.29) is 0 Å². The largest absolute Gasteiger partial charge is 0.508 e. The van der Waals surface area contributed by atoms with Gasteiger partial charge < -0.3 is 19.9 Å². The number of aromatic hydroxyl groups is 1. The van der Waals surface area contributed by atoms with E-state index >= 15 is 0 Å². The van der Waals surface area contributed by atoms with Gasteiger partial charge in [-0.3, -0.25) is 0 Å². The highest BCUT2D eigenvalue weighted by Gasteiger charge is 2.19. The molecule has 0 radical (unpaired) electrons. The first-order chi connectivity index (χ1) is 14.2. The molecular weight excluding hydrogens is 386 g/mol. The quantitative estimate of drug-likeness (QED) is 0.531. The van der Waals surface area contributed by atoms with Crippen molar-refractivity contribution in [3.63, 3.8) is 0 Å². The molecule has 5 rings (SSSR count). The molecule has 2 aromatic heterocycles. The molecule has 0 unspecified atom stereocenters. The zero-order valence-corrected chi connectivity index (χ0v) is 16.5. The van der Waals surface area contributed by atoms with E-state index in [9.17, 15) is 5.11 Å². The maximum absolute atomic E-state index is 9.69. The summed E-state index contributed by atoms with van der Waals surface area (Å²) in [5, 5.41) is 10.4. The van der Waals surface area contributed by atoms with Crippen LogP contribution in [0.5, 0.6) is 5.75 Å². The number of aromatic nitrogens is 3. The van der Waals surface area contributed by atoms with Crippen LogP contribution in [-0.4, -0.2) is 46.2 Å². The van der Waals surface area contributed by atoms with Crippen molar-refractivity contribution in [2.75, 3.05) is 36.0 Å². The minimum atomic E-state index is 0.301. The minimum absolute atomic E-state index is 0.301. The molecule has 3 heterocycles. The zero-order valence-electron chi connectivity index (χ0n) is 15.7. The van der Waals surface area contributed by atoms with Crippen LogP contribution in [0.3, 0.4) is 0 Å². The van der Waals surface area contributed by atoms with Crippen LogP contribution in [0.1, 0.15) is 0 Å². The summed E-state index contributed by atoms with van der Waals surface area (Å²) in [5.74, 6) is 2.05. The van der Waals surface area contributed by atoms with E-state index in [0.29, 0.717) is 10.8 Å². The molecule has 7 heteroatoms. The Kier molecular flexibility index (Phi) is 4.48. The van der Waals surface area contributed by atoms with Crippen molar-refractivity contribution >= 4 is 34.1 Å². The number of nitrogens with one attached hydrogen (secondary N) is 1. The Labute approximate surface area is 173 Å². The third kappa shape index (κ3) is 3.59. The van der Waals surface area contributed by atoms with E-state index in [1.54, 1.807) is 6.07 Å². The number of nitrogens with zero attached hydrogens (tertiary/aromatic N) is 4. The van der Waals surface area contributed by atoms with Crippen LogP contribution in [0.25, 0.3) is 22.4 Å². The molecular formula is C22H20ClN5O. The van der Waals surface area contributed by atoms with Gasteiger partial charge >= 0.3 is 0 Å². The summed E-state index contributed by atoms with van der Waals surface area (Å²) in [5.41, 5.74) is 3.80. The number of H-pyrrole nitrogens is 1. The van der Waals surface area contributed by atoms with Crippen molar-refractivity contribution in [2.24, 2.45) is 0 Å². The van der Waals surface area contributed by atoms with Gasteiger partial charge in [-0.15, -0.1) is 0 Å². The summed E-state index contributed by atoms with van der Waals surface area (Å²) in [6, 6.07) is 17.1. The maximum atomic E-state index is 9.69. The van der Waals surface area contributed by atoms with Crippen molar-refractivity contribution in [2.45, 2.75) is 0 Å². The van der Waals surface area contributed by atoms with Gasteiger partial charge in [0.1, 0.15) is 17.4 Å². The number of benzene rings is 2. The summed E-state index contributed by atoms with van der Waals surface area (Å²) in [7, 11) is 0. The molecule has 1 saturated heterocycles. The van der Waals surface area contributed by atoms with E-state index in [2.05, 4.69) is 24.8 Å². The predicted molar refractivity (Wildman–Crippen MR) is 117 cm³/mol. The average Bonchev–Trinajstić information content (AvgIpc) is 3.17. The lowest BCUT2D eigenvalue weighted by Crippen LogP contribution is -2.46. The van der Waals surface area contributed by atoms with Gasteiger partial charge in [-0.1, -0.05) is 17.7 Å². The van der Waals surface area contributed by atoms with Gasteiger partial charge in [-0.25, -0.2) is 9.97 Å². The average molecular weight is 406 g/mol. The number of phenols is 1. The summed E-state index contributed by atoms with van der Waals surface area (Å²) < 4.78 is 0. The molecule has 4 aromatic rings. The lowest BCUT2D eigenvalue weighted by atomic mass is 10.2. The molecule has 0 saturated carbocycles. The van der Waals surface area contributed by atoms with Crippen molar-refractivity contribution in [3.8, 4) is 17.1 Å². The highest BCUT2D eigenvalue weighted by Crippen LogP contribution is 2.25. The summed E-state index contributed by atoms with van der Waals surface area (Å²) in [6.07, 6.45) is 1.86. The van der Waals surface area contributed by atoms with Crippen LogP contribution in [0.2, 0.25) is 5.02 Å². The number of rotatable bonds is 3. The number of hydrogen-bond acceptors (Lipinski definition) is 5. The van der Waals surface area contributed by atoms with Crippen LogP contribution in [-0.2, 0) is 0 Å². The van der Waals surface area contributed by atoms with E-state index in [1.807, 2.05) is 54.7 Å². The Hall–Kier alpha value is -3.25. The number of fused-ring (bicyclic) bond motifs is 1. The third-order valence-electron chi connectivity index (χ3n) is 5.26. The highest BCUT2D eigenvalue weighted by molar-refractivity contribution is 6.31. The fraction of sp³-hybridized carbons (Fsp3) is 0.182. The Bertz CT molecular complexity index is 1150. The normalized spacial score (nSPS) is 14.5. The van der Waals surface area contributed by atoms with Crippen molar-refractivity contribution in [3.05, 3.63) is 65.8 Å². The molecule has 1 aliphatic heterocycles. The van der Waals surface area contributed by atoms with Crippen molar-refractivity contribution in [1.29, 1.82) is 0 Å². The molecule has 2 N–H and O–H groups in total. The second-order valence-electron chi connectivity index (χ2n) is 7.15. The van der Waals surface area contributed by atoms with Crippen LogP contribution >= 0.6 is 11.6 Å². The zero-order chi connectivity index (χ0) is 19.8. The van der Waals surface area contributed by atoms with E-state index in [1.165, 1.54) is 0 Å². The summed E-state index contributed by atoms with van der Waals surface area (Å²) in [6.45, 7) is 3.53. The number of halogens is 1. The Morgan fingerprint density at radius 3 is 2.52 bits per heavy atom. The Morgan fingerprint density at radius 2 is 1.76 bits per heavy atom. The maximum Gasteiger partial charge on any atom is 0.140 e. The van der Waals surface area contributed by atoms with Gasteiger partial charge in [-0.2, -0.15) is 0 Å². The second kappa shape index (κ2) is 7.29. The monoisotopic (exact) mass is 405 g/mol. The first kappa shape index (κ1) is 17.8. The van der Waals surface area contributed by atoms with Crippen LogP contribution in [0.4, 0.5) is 11.5 Å². The number of pyridine rings is 1. The predicted octanol–water partition coefficient (Wildman–Crippen LogP) is 4.31. The fourth-order valence-corrected chi connectivity index (χ4v) is 3.89.